The van der Waals surface area contributed by atoms with E-state index in [0.717, 1.165) is 16.7 Å². The van der Waals surface area contributed by atoms with Gasteiger partial charge in [0.1, 0.15) is 5.75 Å². The monoisotopic (exact) mass is 318 g/mol. The molecule has 0 aromatic heterocycles. The third kappa shape index (κ3) is 3.92. The zero-order valence-electron chi connectivity index (χ0n) is 12.9. The van der Waals surface area contributed by atoms with Crippen LogP contribution in [-0.4, -0.2) is 12.5 Å². The molecule has 3 N–H and O–H groups in total. The number of amides is 1. The Hall–Kier alpha value is -2.20. The number of rotatable bonds is 4. The highest BCUT2D eigenvalue weighted by Crippen LogP contribution is 2.25. The van der Waals surface area contributed by atoms with Gasteiger partial charge in [-0.1, -0.05) is 17.7 Å². The maximum absolute atomic E-state index is 11.9. The molecule has 0 bridgehead atoms. The van der Waals surface area contributed by atoms with E-state index < -0.39 is 0 Å². The van der Waals surface area contributed by atoms with E-state index in [2.05, 4.69) is 5.32 Å². The van der Waals surface area contributed by atoms with E-state index >= 15 is 0 Å². The van der Waals surface area contributed by atoms with Gasteiger partial charge in [0.15, 0.2) is 6.61 Å². The summed E-state index contributed by atoms with van der Waals surface area (Å²) in [5.74, 6) is 0.381. The molecule has 22 heavy (non-hydrogen) atoms. The molecule has 2 aromatic carbocycles. The molecule has 0 saturated heterocycles. The molecule has 0 fully saturated rings. The fourth-order valence-corrected chi connectivity index (χ4v) is 2.16. The van der Waals surface area contributed by atoms with Gasteiger partial charge in [-0.25, -0.2) is 0 Å². The molecule has 0 unspecified atom stereocenters. The number of anilines is 2. The summed E-state index contributed by atoms with van der Waals surface area (Å²) < 4.78 is 5.51. The summed E-state index contributed by atoms with van der Waals surface area (Å²) in [5, 5.41) is 3.47. The zero-order chi connectivity index (χ0) is 16.3. The highest BCUT2D eigenvalue weighted by molar-refractivity contribution is 6.32. The van der Waals surface area contributed by atoms with Crippen LogP contribution in [0.25, 0.3) is 0 Å². The fourth-order valence-electron chi connectivity index (χ4n) is 2.05. The average molecular weight is 319 g/mol. The Morgan fingerprint density at radius 3 is 2.36 bits per heavy atom. The van der Waals surface area contributed by atoms with Crippen molar-refractivity contribution in [2.24, 2.45) is 0 Å². The Kier molecular flexibility index (Phi) is 4.93. The van der Waals surface area contributed by atoms with Crippen LogP contribution in [0.4, 0.5) is 11.4 Å². The van der Waals surface area contributed by atoms with Crippen molar-refractivity contribution >= 4 is 28.9 Å². The van der Waals surface area contributed by atoms with Crippen molar-refractivity contribution in [3.05, 3.63) is 52.0 Å². The van der Waals surface area contributed by atoms with Crippen LogP contribution in [-0.2, 0) is 4.79 Å². The second kappa shape index (κ2) is 6.71. The molecule has 0 spiro atoms. The highest BCUT2D eigenvalue weighted by Gasteiger charge is 2.07. The van der Waals surface area contributed by atoms with Gasteiger partial charge < -0.3 is 15.8 Å². The maximum Gasteiger partial charge on any atom is 0.262 e. The lowest BCUT2D eigenvalue weighted by Gasteiger charge is -2.11. The van der Waals surface area contributed by atoms with Gasteiger partial charge in [0, 0.05) is 16.4 Å². The van der Waals surface area contributed by atoms with Crippen molar-refractivity contribution in [2.45, 2.75) is 20.8 Å². The Labute approximate surface area is 135 Å². The van der Waals surface area contributed by atoms with Crippen LogP contribution in [0.5, 0.6) is 5.75 Å². The molecule has 0 aliphatic heterocycles. The van der Waals surface area contributed by atoms with Gasteiger partial charge in [0.25, 0.3) is 5.91 Å². The topological polar surface area (TPSA) is 64.3 Å². The first-order valence-electron chi connectivity index (χ1n) is 6.92. The highest BCUT2D eigenvalue weighted by atomic mass is 35.5. The van der Waals surface area contributed by atoms with Gasteiger partial charge in [0.05, 0.1) is 0 Å². The van der Waals surface area contributed by atoms with Crippen molar-refractivity contribution in [1.29, 1.82) is 0 Å². The van der Waals surface area contributed by atoms with E-state index in [4.69, 9.17) is 22.1 Å². The van der Waals surface area contributed by atoms with Crippen molar-refractivity contribution in [1.82, 2.24) is 0 Å². The Bertz CT molecular complexity index is 691. The number of hydrogen-bond donors (Lipinski definition) is 2. The summed E-state index contributed by atoms with van der Waals surface area (Å²) in [6.07, 6.45) is 0. The van der Waals surface area contributed by atoms with E-state index in [1.54, 1.807) is 12.1 Å². The number of carbonyl (C=O) groups is 1. The van der Waals surface area contributed by atoms with E-state index in [0.29, 0.717) is 22.1 Å². The minimum Gasteiger partial charge on any atom is -0.484 e. The Morgan fingerprint density at radius 2 is 1.77 bits per heavy atom. The summed E-state index contributed by atoms with van der Waals surface area (Å²) in [6, 6.07) is 9.01. The molecule has 116 valence electrons. The summed E-state index contributed by atoms with van der Waals surface area (Å²) in [4.78, 5) is 11.9. The number of nitrogens with one attached hydrogen (secondary N) is 1. The SMILES string of the molecule is Cc1ccc(NC(=O)COc2cc(C)c(Cl)c(C)c2)cc1N. The maximum atomic E-state index is 11.9. The van der Waals surface area contributed by atoms with E-state index in [9.17, 15) is 4.79 Å². The summed E-state index contributed by atoms with van der Waals surface area (Å²) >= 11 is 6.10. The smallest absolute Gasteiger partial charge is 0.262 e. The lowest BCUT2D eigenvalue weighted by molar-refractivity contribution is -0.118. The quantitative estimate of drug-likeness (QED) is 0.841. The van der Waals surface area contributed by atoms with Gasteiger partial charge in [-0.2, -0.15) is 0 Å². The van der Waals surface area contributed by atoms with Crippen molar-refractivity contribution in [3.8, 4) is 5.75 Å². The van der Waals surface area contributed by atoms with Gasteiger partial charge in [-0.15, -0.1) is 0 Å². The van der Waals surface area contributed by atoms with Crippen LogP contribution in [0, 0.1) is 20.8 Å². The third-order valence-corrected chi connectivity index (χ3v) is 3.94. The van der Waals surface area contributed by atoms with Gasteiger partial charge in [0.2, 0.25) is 0 Å². The van der Waals surface area contributed by atoms with Crippen molar-refractivity contribution in [2.75, 3.05) is 17.7 Å². The molecule has 0 atom stereocenters. The normalized spacial score (nSPS) is 10.4. The lowest BCUT2D eigenvalue weighted by Crippen LogP contribution is -2.20. The fraction of sp³-hybridized carbons (Fsp3) is 0.235. The molecule has 2 rings (SSSR count). The van der Waals surface area contributed by atoms with Gasteiger partial charge >= 0.3 is 0 Å². The molecular formula is C17H19ClN2O2. The number of carbonyl (C=O) groups excluding carboxylic acids is 1. The lowest BCUT2D eigenvalue weighted by atomic mass is 10.1. The second-order valence-corrected chi connectivity index (χ2v) is 5.66. The minimum atomic E-state index is -0.242. The molecule has 0 heterocycles. The minimum absolute atomic E-state index is 0.0751. The first-order chi connectivity index (χ1) is 10.4. The Balaban J connectivity index is 1.96. The number of hydrogen-bond acceptors (Lipinski definition) is 3. The average Bonchev–Trinajstić information content (AvgIpc) is 2.46. The van der Waals surface area contributed by atoms with E-state index in [1.165, 1.54) is 0 Å². The Morgan fingerprint density at radius 1 is 1.14 bits per heavy atom. The molecule has 0 aliphatic carbocycles. The van der Waals surface area contributed by atoms with Gasteiger partial charge in [-0.3, -0.25) is 4.79 Å². The number of nitrogen functional groups attached to an aromatic ring is 1. The van der Waals surface area contributed by atoms with Crippen LogP contribution in [0.15, 0.2) is 30.3 Å². The predicted octanol–water partition coefficient (Wildman–Crippen LogP) is 3.86. The van der Waals surface area contributed by atoms with Crippen molar-refractivity contribution < 1.29 is 9.53 Å². The first kappa shape index (κ1) is 16.2. The van der Waals surface area contributed by atoms with Crippen LogP contribution in [0.3, 0.4) is 0 Å². The number of aryl methyl sites for hydroxylation is 3. The van der Waals surface area contributed by atoms with E-state index in [1.807, 2.05) is 39.0 Å². The molecule has 0 aliphatic rings. The number of halogens is 1. The van der Waals surface area contributed by atoms with E-state index in [-0.39, 0.29) is 12.5 Å². The first-order valence-corrected chi connectivity index (χ1v) is 7.30. The molecule has 0 radical (unpaired) electrons. The molecule has 2 aromatic rings. The van der Waals surface area contributed by atoms with Crippen molar-refractivity contribution in [3.63, 3.8) is 0 Å². The second-order valence-electron chi connectivity index (χ2n) is 5.28. The van der Waals surface area contributed by atoms with Crippen LogP contribution in [0.2, 0.25) is 5.02 Å². The summed E-state index contributed by atoms with van der Waals surface area (Å²) in [5.41, 5.74) is 9.92. The summed E-state index contributed by atoms with van der Waals surface area (Å²) in [6.45, 7) is 5.64. The number of nitrogens with two attached hydrogens (primary N) is 1. The molecular weight excluding hydrogens is 300 g/mol. The predicted molar refractivity (Wildman–Crippen MR) is 90.6 cm³/mol. The number of ether oxygens (including phenoxy) is 1. The van der Waals surface area contributed by atoms with Crippen LogP contribution >= 0.6 is 11.6 Å². The van der Waals surface area contributed by atoms with Crippen LogP contribution < -0.4 is 15.8 Å². The molecule has 4 nitrogen and oxygen atoms in total. The van der Waals surface area contributed by atoms with Gasteiger partial charge in [-0.05, 0) is 61.7 Å². The summed E-state index contributed by atoms with van der Waals surface area (Å²) in [7, 11) is 0. The molecule has 0 saturated carbocycles. The standard InChI is InChI=1S/C17H19ClN2O2/c1-10-4-5-13(8-15(10)19)20-16(21)9-22-14-6-11(2)17(18)12(3)7-14/h4-8H,9,19H2,1-3H3,(H,20,21). The molecule has 1 amide bonds. The largest absolute Gasteiger partial charge is 0.484 e. The third-order valence-electron chi connectivity index (χ3n) is 3.34. The zero-order valence-corrected chi connectivity index (χ0v) is 13.6. The molecule has 5 heteroatoms. The number of benzene rings is 2. The van der Waals surface area contributed by atoms with Crippen LogP contribution in [0.1, 0.15) is 16.7 Å².